The van der Waals surface area contributed by atoms with E-state index in [9.17, 15) is 14.4 Å². The van der Waals surface area contributed by atoms with Gasteiger partial charge in [0, 0.05) is 13.1 Å². The van der Waals surface area contributed by atoms with Crippen LogP contribution in [-0.2, 0) is 35.8 Å². The number of rotatable bonds is 23. The van der Waals surface area contributed by atoms with Crippen LogP contribution < -0.4 is 33.2 Å². The van der Waals surface area contributed by atoms with Gasteiger partial charge in [-0.15, -0.1) is 0 Å². The van der Waals surface area contributed by atoms with Crippen molar-refractivity contribution in [2.75, 3.05) is 26.7 Å². The Kier molecular flexibility index (Phi) is 18.7. The van der Waals surface area contributed by atoms with Crippen LogP contribution in [0.1, 0.15) is 127 Å². The number of carbonyl (C=O) groups excluding carboxylic acids is 5. The fourth-order valence-electron chi connectivity index (χ4n) is 10.1. The van der Waals surface area contributed by atoms with Gasteiger partial charge in [-0.05, 0) is 94.3 Å². The van der Waals surface area contributed by atoms with Crippen molar-refractivity contribution < 1.29 is 24.0 Å². The standard InChI is InChI=1S/C48H73N7O5/c1-52-41(33-36-21-10-4-11-22-36)46(59)54-40(25-14-15-28-49)47(60)55-30-16-26-42(55)44(57)48(37-23-12-5-13-24-37,43(56)38(50)31-34-17-6-2-7-18-34)27-29-53-45(58)39(51)32-35-19-8-3-9-20-35/h4-5,10-13,21-24,34-35,38-42,52H,2-3,6-9,14-20,25-33,49-51H2,1H3,(H,53,58)(H,54,59)/t38-,39+,40+,41+,42+,48?/m1/s1. The summed E-state index contributed by atoms with van der Waals surface area (Å²) in [5, 5.41) is 9.14. The summed E-state index contributed by atoms with van der Waals surface area (Å²) in [4.78, 5) is 74.5. The van der Waals surface area contributed by atoms with Crippen LogP contribution in [0, 0.1) is 11.8 Å². The molecule has 1 aliphatic heterocycles. The normalized spacial score (nSPS) is 20.7. The van der Waals surface area contributed by atoms with Crippen LogP contribution in [0.15, 0.2) is 60.7 Å². The highest BCUT2D eigenvalue weighted by Crippen LogP contribution is 2.38. The van der Waals surface area contributed by atoms with Gasteiger partial charge in [-0.3, -0.25) is 24.0 Å². The summed E-state index contributed by atoms with van der Waals surface area (Å²) < 4.78 is 0. The summed E-state index contributed by atoms with van der Waals surface area (Å²) >= 11 is 0. The Balaban J connectivity index is 1.43. The first kappa shape index (κ1) is 47.1. The van der Waals surface area contributed by atoms with Crippen LogP contribution in [0.25, 0.3) is 0 Å². The predicted octanol–water partition coefficient (Wildman–Crippen LogP) is 4.60. The zero-order valence-corrected chi connectivity index (χ0v) is 36.1. The molecule has 330 valence electrons. The molecule has 2 aromatic carbocycles. The lowest BCUT2D eigenvalue weighted by Gasteiger charge is -2.39. The number of nitrogens with zero attached hydrogens (tertiary/aromatic N) is 1. The molecule has 12 nitrogen and oxygen atoms in total. The van der Waals surface area contributed by atoms with E-state index in [0.29, 0.717) is 75.9 Å². The van der Waals surface area contributed by atoms with Gasteiger partial charge < -0.3 is 38.1 Å². The van der Waals surface area contributed by atoms with E-state index < -0.39 is 41.4 Å². The number of unbranched alkanes of at least 4 members (excludes halogenated alkanes) is 1. The number of likely N-dealkylation sites (tertiary alicyclic amines) is 1. The maximum Gasteiger partial charge on any atom is 0.245 e. The summed E-state index contributed by atoms with van der Waals surface area (Å²) in [5.41, 5.74) is 18.9. The molecule has 3 fully saturated rings. The number of amides is 3. The molecule has 9 N–H and O–H groups in total. The van der Waals surface area contributed by atoms with Crippen molar-refractivity contribution in [1.29, 1.82) is 0 Å². The van der Waals surface area contributed by atoms with Gasteiger partial charge in [0.2, 0.25) is 17.7 Å². The van der Waals surface area contributed by atoms with E-state index in [1.165, 1.54) is 6.42 Å². The molecule has 1 heterocycles. The molecule has 0 bridgehead atoms. The zero-order valence-electron chi connectivity index (χ0n) is 36.1. The molecule has 2 aromatic rings. The van der Waals surface area contributed by atoms with Gasteiger partial charge in [-0.25, -0.2) is 0 Å². The quantitative estimate of drug-likeness (QED) is 0.0684. The SMILES string of the molecule is CN[C@@H](Cc1ccccc1)C(=O)N[C@@H](CCCCN)C(=O)N1CCC[C@H]1C(=O)C(CCNC(=O)[C@@H](N)CC1CCCCC1)(C(=O)[C@H](N)CC1CCCCC1)c1ccccc1. The van der Waals surface area contributed by atoms with E-state index in [1.807, 2.05) is 48.5 Å². The van der Waals surface area contributed by atoms with Gasteiger partial charge in [-0.2, -0.15) is 0 Å². The Morgan fingerprint density at radius 3 is 1.93 bits per heavy atom. The third kappa shape index (κ3) is 12.6. The predicted molar refractivity (Wildman–Crippen MR) is 237 cm³/mol. The number of carbonyl (C=O) groups is 5. The van der Waals surface area contributed by atoms with Gasteiger partial charge in [0.05, 0.1) is 24.2 Å². The van der Waals surface area contributed by atoms with Crippen molar-refractivity contribution in [3.8, 4) is 0 Å². The lowest BCUT2D eigenvalue weighted by atomic mass is 9.65. The fourth-order valence-corrected chi connectivity index (χ4v) is 10.1. The number of benzene rings is 2. The van der Waals surface area contributed by atoms with Gasteiger partial charge in [0.25, 0.3) is 0 Å². The Morgan fingerprint density at radius 1 is 0.733 bits per heavy atom. The molecule has 60 heavy (non-hydrogen) atoms. The third-order valence-electron chi connectivity index (χ3n) is 13.6. The maximum atomic E-state index is 15.6. The summed E-state index contributed by atoms with van der Waals surface area (Å²) in [7, 11) is 1.72. The van der Waals surface area contributed by atoms with Crippen LogP contribution in [0.5, 0.6) is 0 Å². The summed E-state index contributed by atoms with van der Waals surface area (Å²) in [5.74, 6) is -1.04. The van der Waals surface area contributed by atoms with Crippen molar-refractivity contribution >= 4 is 29.3 Å². The topological polar surface area (TPSA) is 203 Å². The molecule has 12 heteroatoms. The van der Waals surface area contributed by atoms with Crippen LogP contribution in [0.2, 0.25) is 0 Å². The van der Waals surface area contributed by atoms with E-state index in [4.69, 9.17) is 17.2 Å². The molecule has 6 atom stereocenters. The van der Waals surface area contributed by atoms with Crippen LogP contribution in [0.3, 0.4) is 0 Å². The summed E-state index contributed by atoms with van der Waals surface area (Å²) in [6, 6.07) is 14.7. The van der Waals surface area contributed by atoms with E-state index in [1.54, 1.807) is 24.1 Å². The van der Waals surface area contributed by atoms with Crippen LogP contribution in [0.4, 0.5) is 0 Å². The summed E-state index contributed by atoms with van der Waals surface area (Å²) in [6.45, 7) is 0.778. The molecular weight excluding hydrogens is 755 g/mol. The highest BCUT2D eigenvalue weighted by atomic mass is 16.2. The van der Waals surface area contributed by atoms with Crippen LogP contribution in [-0.4, -0.2) is 91.1 Å². The van der Waals surface area contributed by atoms with E-state index in [-0.39, 0.29) is 42.4 Å². The van der Waals surface area contributed by atoms with Crippen LogP contribution >= 0.6 is 0 Å². The van der Waals surface area contributed by atoms with E-state index in [0.717, 1.165) is 63.4 Å². The minimum atomic E-state index is -1.74. The highest BCUT2D eigenvalue weighted by molar-refractivity contribution is 6.17. The number of hydrogen-bond acceptors (Lipinski definition) is 9. The third-order valence-corrected chi connectivity index (χ3v) is 13.6. The van der Waals surface area contributed by atoms with Crippen molar-refractivity contribution in [2.24, 2.45) is 29.0 Å². The molecule has 0 spiro atoms. The van der Waals surface area contributed by atoms with Crippen molar-refractivity contribution in [3.05, 3.63) is 71.8 Å². The van der Waals surface area contributed by atoms with E-state index >= 15 is 9.59 Å². The number of hydrogen-bond donors (Lipinski definition) is 6. The van der Waals surface area contributed by atoms with Crippen molar-refractivity contribution in [2.45, 2.75) is 158 Å². The second kappa shape index (κ2) is 23.9. The number of likely N-dealkylation sites (N-methyl/N-ethyl adjacent to an activating group) is 1. The molecule has 2 saturated carbocycles. The zero-order chi connectivity index (χ0) is 42.9. The number of ketones is 2. The first-order valence-electron chi connectivity index (χ1n) is 23.0. The number of nitrogens with one attached hydrogen (secondary N) is 3. The molecule has 3 aliphatic rings. The Labute approximate surface area is 358 Å². The van der Waals surface area contributed by atoms with E-state index in [2.05, 4.69) is 16.0 Å². The largest absolute Gasteiger partial charge is 0.355 e. The van der Waals surface area contributed by atoms with Crippen molar-refractivity contribution in [3.63, 3.8) is 0 Å². The molecule has 2 aliphatic carbocycles. The van der Waals surface area contributed by atoms with Gasteiger partial charge in [0.1, 0.15) is 11.5 Å². The molecule has 0 radical (unpaired) electrons. The fraction of sp³-hybridized carbons (Fsp3) is 0.646. The Morgan fingerprint density at radius 2 is 1.33 bits per heavy atom. The monoisotopic (exact) mass is 828 g/mol. The minimum Gasteiger partial charge on any atom is -0.355 e. The second-order valence-corrected chi connectivity index (χ2v) is 17.8. The summed E-state index contributed by atoms with van der Waals surface area (Å²) in [6.07, 6.45) is 15.0. The lowest BCUT2D eigenvalue weighted by molar-refractivity contribution is -0.146. The Hall–Kier alpha value is -3.97. The lowest BCUT2D eigenvalue weighted by Crippen LogP contribution is -2.60. The average molecular weight is 828 g/mol. The molecule has 0 aromatic heterocycles. The maximum absolute atomic E-state index is 15.6. The number of nitrogens with two attached hydrogens (primary N) is 3. The van der Waals surface area contributed by atoms with Gasteiger partial charge >= 0.3 is 0 Å². The van der Waals surface area contributed by atoms with Crippen molar-refractivity contribution in [1.82, 2.24) is 20.9 Å². The minimum absolute atomic E-state index is 0.0204. The van der Waals surface area contributed by atoms with Gasteiger partial charge in [-0.1, -0.05) is 125 Å². The first-order valence-corrected chi connectivity index (χ1v) is 23.0. The first-order chi connectivity index (χ1) is 29.1. The smallest absolute Gasteiger partial charge is 0.245 e. The molecule has 5 rings (SSSR count). The molecular formula is C48H73N7O5. The average Bonchev–Trinajstić information content (AvgIpc) is 3.77. The molecule has 3 amide bonds. The van der Waals surface area contributed by atoms with Gasteiger partial charge in [0.15, 0.2) is 11.6 Å². The highest BCUT2D eigenvalue weighted by Gasteiger charge is 2.53. The molecule has 1 saturated heterocycles. The second-order valence-electron chi connectivity index (χ2n) is 17.8. The molecule has 1 unspecified atom stereocenters. The number of Topliss-reactive ketones (excluding diaryl/α,β-unsaturated/α-hetero) is 2. The Bertz CT molecular complexity index is 1670.